The second kappa shape index (κ2) is 6.58. The summed E-state index contributed by atoms with van der Waals surface area (Å²) in [5, 5.41) is 2.83. The van der Waals surface area contributed by atoms with E-state index in [1.54, 1.807) is 0 Å². The number of anilines is 1. The maximum Gasteiger partial charge on any atom is 0.239 e. The van der Waals surface area contributed by atoms with Crippen molar-refractivity contribution in [2.45, 2.75) is 32.6 Å². The number of rotatable bonds is 4. The lowest BCUT2D eigenvalue weighted by atomic mass is 10.0. The second-order valence-corrected chi connectivity index (χ2v) is 7.74. The number of hydrogen-bond donors (Lipinski definition) is 1. The minimum atomic E-state index is -3.26. The molecule has 2 rings (SSSR count). The van der Waals surface area contributed by atoms with Crippen molar-refractivity contribution in [1.82, 2.24) is 4.31 Å². The van der Waals surface area contributed by atoms with E-state index in [0.717, 1.165) is 17.7 Å². The highest BCUT2D eigenvalue weighted by molar-refractivity contribution is 7.89. The minimum absolute atomic E-state index is 0.102. The molecule has 1 saturated heterocycles. The van der Waals surface area contributed by atoms with E-state index in [9.17, 15) is 13.2 Å². The first-order chi connectivity index (χ1) is 9.90. The molecule has 21 heavy (non-hydrogen) atoms. The van der Waals surface area contributed by atoms with Gasteiger partial charge in [-0.15, -0.1) is 0 Å². The molecule has 0 radical (unpaired) electrons. The summed E-state index contributed by atoms with van der Waals surface area (Å²) in [5.41, 5.74) is 1.80. The Morgan fingerprint density at radius 3 is 2.67 bits per heavy atom. The number of nitrogens with one attached hydrogen (secondary N) is 1. The van der Waals surface area contributed by atoms with Crippen LogP contribution in [0.5, 0.6) is 0 Å². The van der Waals surface area contributed by atoms with Gasteiger partial charge in [-0.1, -0.05) is 32.0 Å². The monoisotopic (exact) mass is 310 g/mol. The molecule has 1 N–H and O–H groups in total. The van der Waals surface area contributed by atoms with E-state index < -0.39 is 10.0 Å². The van der Waals surface area contributed by atoms with Gasteiger partial charge in [-0.25, -0.2) is 8.42 Å². The van der Waals surface area contributed by atoms with Crippen LogP contribution in [-0.4, -0.2) is 37.5 Å². The number of sulfonamides is 1. The Labute approximate surface area is 126 Å². The standard InChI is InChI=1S/C15H22N2O3S/c1-12(2)13-7-3-4-8-14(13)16-15(18)11-17-9-5-6-10-21(17,19)20/h3-4,7-8,12H,5-6,9-11H2,1-2H3,(H,16,18). The number of carbonyl (C=O) groups is 1. The molecular formula is C15H22N2O3S. The Bertz CT molecular complexity index is 611. The number of nitrogens with zero attached hydrogens (tertiary/aromatic N) is 1. The first-order valence-electron chi connectivity index (χ1n) is 7.27. The number of hydrogen-bond acceptors (Lipinski definition) is 3. The molecule has 116 valence electrons. The smallest absolute Gasteiger partial charge is 0.239 e. The Morgan fingerprint density at radius 1 is 1.29 bits per heavy atom. The van der Waals surface area contributed by atoms with Crippen LogP contribution < -0.4 is 5.32 Å². The van der Waals surface area contributed by atoms with Crippen molar-refractivity contribution < 1.29 is 13.2 Å². The fraction of sp³-hybridized carbons (Fsp3) is 0.533. The van der Waals surface area contributed by atoms with Gasteiger partial charge in [-0.2, -0.15) is 4.31 Å². The van der Waals surface area contributed by atoms with Gasteiger partial charge >= 0.3 is 0 Å². The number of amides is 1. The van der Waals surface area contributed by atoms with Crippen LogP contribution in [0.25, 0.3) is 0 Å². The first kappa shape index (κ1) is 16.0. The van der Waals surface area contributed by atoms with Crippen LogP contribution in [0.3, 0.4) is 0 Å². The fourth-order valence-electron chi connectivity index (χ4n) is 2.48. The minimum Gasteiger partial charge on any atom is -0.325 e. The van der Waals surface area contributed by atoms with Crippen LogP contribution in [0.15, 0.2) is 24.3 Å². The van der Waals surface area contributed by atoms with Gasteiger partial charge in [0.1, 0.15) is 0 Å². The molecule has 1 fully saturated rings. The zero-order valence-corrected chi connectivity index (χ0v) is 13.3. The maximum absolute atomic E-state index is 12.1. The normalized spacial score (nSPS) is 18.6. The third-order valence-corrected chi connectivity index (χ3v) is 5.53. The fourth-order valence-corrected chi connectivity index (χ4v) is 4.03. The molecule has 6 heteroatoms. The number of carbonyl (C=O) groups excluding carboxylic acids is 1. The van der Waals surface area contributed by atoms with Crippen LogP contribution in [0.4, 0.5) is 5.69 Å². The predicted molar refractivity (Wildman–Crippen MR) is 83.8 cm³/mol. The number of para-hydroxylation sites is 1. The zero-order valence-electron chi connectivity index (χ0n) is 12.5. The lowest BCUT2D eigenvalue weighted by molar-refractivity contribution is -0.116. The van der Waals surface area contributed by atoms with E-state index in [1.807, 2.05) is 24.3 Å². The van der Waals surface area contributed by atoms with E-state index >= 15 is 0 Å². The van der Waals surface area contributed by atoms with E-state index in [-0.39, 0.29) is 18.2 Å². The summed E-state index contributed by atoms with van der Waals surface area (Å²) in [5.74, 6) is 0.150. The van der Waals surface area contributed by atoms with Crippen molar-refractivity contribution in [1.29, 1.82) is 0 Å². The van der Waals surface area contributed by atoms with Crippen LogP contribution >= 0.6 is 0 Å². The van der Waals surface area contributed by atoms with Gasteiger partial charge in [0.25, 0.3) is 0 Å². The van der Waals surface area contributed by atoms with Crippen LogP contribution in [0.1, 0.15) is 38.2 Å². The van der Waals surface area contributed by atoms with Crippen molar-refractivity contribution in [3.63, 3.8) is 0 Å². The molecule has 0 bridgehead atoms. The molecule has 5 nitrogen and oxygen atoms in total. The van der Waals surface area contributed by atoms with Crippen molar-refractivity contribution in [3.8, 4) is 0 Å². The third-order valence-electron chi connectivity index (χ3n) is 3.63. The van der Waals surface area contributed by atoms with Crippen molar-refractivity contribution in [2.24, 2.45) is 0 Å². The lowest BCUT2D eigenvalue weighted by Gasteiger charge is -2.25. The predicted octanol–water partition coefficient (Wildman–Crippen LogP) is 2.17. The van der Waals surface area contributed by atoms with E-state index in [0.29, 0.717) is 18.9 Å². The quantitative estimate of drug-likeness (QED) is 0.927. The largest absolute Gasteiger partial charge is 0.325 e. The van der Waals surface area contributed by atoms with Gasteiger partial charge in [0.05, 0.1) is 12.3 Å². The molecule has 1 amide bonds. The summed E-state index contributed by atoms with van der Waals surface area (Å²) < 4.78 is 25.1. The SMILES string of the molecule is CC(C)c1ccccc1NC(=O)CN1CCCCS1(=O)=O. The van der Waals surface area contributed by atoms with Crippen molar-refractivity contribution in [2.75, 3.05) is 24.2 Å². The second-order valence-electron chi connectivity index (χ2n) is 5.65. The molecule has 0 spiro atoms. The molecule has 1 aliphatic heterocycles. The molecule has 1 aromatic carbocycles. The van der Waals surface area contributed by atoms with Gasteiger partial charge in [-0.05, 0) is 30.4 Å². The van der Waals surface area contributed by atoms with E-state index in [1.165, 1.54) is 4.31 Å². The first-order valence-corrected chi connectivity index (χ1v) is 8.87. The molecule has 1 heterocycles. The molecule has 1 aromatic rings. The average molecular weight is 310 g/mol. The summed E-state index contributed by atoms with van der Waals surface area (Å²) in [6.45, 7) is 4.44. The van der Waals surface area contributed by atoms with Crippen molar-refractivity contribution in [3.05, 3.63) is 29.8 Å². The van der Waals surface area contributed by atoms with Crippen LogP contribution in [-0.2, 0) is 14.8 Å². The lowest BCUT2D eigenvalue weighted by Crippen LogP contribution is -2.42. The third kappa shape index (κ3) is 4.04. The van der Waals surface area contributed by atoms with Gasteiger partial charge < -0.3 is 5.32 Å². The molecule has 1 aliphatic rings. The highest BCUT2D eigenvalue weighted by atomic mass is 32.2. The summed E-state index contributed by atoms with van der Waals surface area (Å²) in [6.07, 6.45) is 1.49. The van der Waals surface area contributed by atoms with Gasteiger partial charge in [0, 0.05) is 12.2 Å². The van der Waals surface area contributed by atoms with Gasteiger partial charge in [0.2, 0.25) is 15.9 Å². The Morgan fingerprint density at radius 2 is 2.00 bits per heavy atom. The highest BCUT2D eigenvalue weighted by Gasteiger charge is 2.27. The van der Waals surface area contributed by atoms with Gasteiger partial charge in [-0.3, -0.25) is 4.79 Å². The molecule has 0 saturated carbocycles. The molecule has 0 atom stereocenters. The highest BCUT2D eigenvalue weighted by Crippen LogP contribution is 2.23. The van der Waals surface area contributed by atoms with E-state index in [4.69, 9.17) is 0 Å². The maximum atomic E-state index is 12.1. The van der Waals surface area contributed by atoms with Crippen LogP contribution in [0.2, 0.25) is 0 Å². The Hall–Kier alpha value is -1.40. The summed E-state index contributed by atoms with van der Waals surface area (Å²) in [4.78, 5) is 12.1. The number of benzene rings is 1. The summed E-state index contributed by atoms with van der Waals surface area (Å²) in [7, 11) is -3.26. The molecular weight excluding hydrogens is 288 g/mol. The topological polar surface area (TPSA) is 66.5 Å². The van der Waals surface area contributed by atoms with Crippen molar-refractivity contribution >= 4 is 21.6 Å². The van der Waals surface area contributed by atoms with E-state index in [2.05, 4.69) is 19.2 Å². The Kier molecular flexibility index (Phi) is 5.00. The Balaban J connectivity index is 2.05. The summed E-state index contributed by atoms with van der Waals surface area (Å²) >= 11 is 0. The molecule has 0 aromatic heterocycles. The molecule has 0 aliphatic carbocycles. The molecule has 0 unspecified atom stereocenters. The average Bonchev–Trinajstić information content (AvgIpc) is 2.41. The summed E-state index contributed by atoms with van der Waals surface area (Å²) in [6, 6.07) is 7.61. The zero-order chi connectivity index (χ0) is 15.5. The van der Waals surface area contributed by atoms with Crippen LogP contribution in [0, 0.1) is 0 Å². The van der Waals surface area contributed by atoms with Gasteiger partial charge in [0.15, 0.2) is 0 Å².